The second-order valence-corrected chi connectivity index (χ2v) is 8.06. The Bertz CT molecular complexity index is 1260. The summed E-state index contributed by atoms with van der Waals surface area (Å²) in [5.41, 5.74) is 2.44. The van der Waals surface area contributed by atoms with Crippen molar-refractivity contribution >= 4 is 33.1 Å². The van der Waals surface area contributed by atoms with Crippen LogP contribution in [0.4, 0.5) is 5.69 Å². The van der Waals surface area contributed by atoms with Crippen LogP contribution in [0.15, 0.2) is 65.7 Å². The van der Waals surface area contributed by atoms with Crippen molar-refractivity contribution in [2.45, 2.75) is 19.9 Å². The summed E-state index contributed by atoms with van der Waals surface area (Å²) < 4.78 is 6.67. The van der Waals surface area contributed by atoms with Gasteiger partial charge in [0.05, 0.1) is 18.8 Å². The fourth-order valence-electron chi connectivity index (χ4n) is 3.40. The number of benzene rings is 2. The molecule has 0 radical (unpaired) electrons. The highest BCUT2D eigenvalue weighted by Crippen LogP contribution is 2.35. The van der Waals surface area contributed by atoms with Gasteiger partial charge in [0.2, 0.25) is 5.91 Å². The van der Waals surface area contributed by atoms with Crippen molar-refractivity contribution in [3.05, 3.63) is 76.2 Å². The van der Waals surface area contributed by atoms with Crippen molar-refractivity contribution in [3.8, 4) is 16.9 Å². The van der Waals surface area contributed by atoms with Crippen LogP contribution >= 0.6 is 11.3 Å². The molecular formula is C23H21N3O3S. The van der Waals surface area contributed by atoms with Crippen molar-refractivity contribution < 1.29 is 9.53 Å². The van der Waals surface area contributed by atoms with E-state index in [1.165, 1.54) is 22.2 Å². The molecule has 152 valence electrons. The van der Waals surface area contributed by atoms with E-state index in [1.54, 1.807) is 25.3 Å². The average Bonchev–Trinajstić information content (AvgIpc) is 3.10. The van der Waals surface area contributed by atoms with E-state index in [0.29, 0.717) is 21.7 Å². The minimum absolute atomic E-state index is 0.127. The third-order valence-electron chi connectivity index (χ3n) is 4.85. The summed E-state index contributed by atoms with van der Waals surface area (Å²) in [4.78, 5) is 31.8. The molecule has 30 heavy (non-hydrogen) atoms. The third-order valence-corrected chi connectivity index (χ3v) is 5.86. The second kappa shape index (κ2) is 8.51. The predicted molar refractivity (Wildman–Crippen MR) is 120 cm³/mol. The van der Waals surface area contributed by atoms with Gasteiger partial charge in [-0.2, -0.15) is 0 Å². The molecular weight excluding hydrogens is 398 g/mol. The first-order valence-corrected chi connectivity index (χ1v) is 10.4. The zero-order valence-electron chi connectivity index (χ0n) is 16.7. The molecule has 0 aliphatic heterocycles. The van der Waals surface area contributed by atoms with Crippen LogP contribution in [0.5, 0.6) is 5.75 Å². The van der Waals surface area contributed by atoms with Crippen LogP contribution in [0.25, 0.3) is 21.3 Å². The zero-order valence-corrected chi connectivity index (χ0v) is 17.5. The Balaban J connectivity index is 1.57. The number of nitrogens with one attached hydrogen (secondary N) is 1. The monoisotopic (exact) mass is 419 g/mol. The van der Waals surface area contributed by atoms with E-state index in [0.717, 1.165) is 16.0 Å². The molecule has 2 aromatic heterocycles. The van der Waals surface area contributed by atoms with Gasteiger partial charge in [-0.1, -0.05) is 36.4 Å². The van der Waals surface area contributed by atoms with E-state index in [9.17, 15) is 9.59 Å². The Hall–Kier alpha value is -3.45. The molecule has 0 fully saturated rings. The Morgan fingerprint density at radius 3 is 2.73 bits per heavy atom. The Morgan fingerprint density at radius 1 is 1.17 bits per heavy atom. The van der Waals surface area contributed by atoms with E-state index >= 15 is 0 Å². The van der Waals surface area contributed by atoms with E-state index in [-0.39, 0.29) is 24.4 Å². The average molecular weight is 420 g/mol. The van der Waals surface area contributed by atoms with Crippen LogP contribution in [0.3, 0.4) is 0 Å². The van der Waals surface area contributed by atoms with Gasteiger partial charge < -0.3 is 10.1 Å². The van der Waals surface area contributed by atoms with E-state index in [1.807, 2.05) is 43.3 Å². The first-order valence-electron chi connectivity index (χ1n) is 9.54. The largest absolute Gasteiger partial charge is 0.497 e. The fourth-order valence-corrected chi connectivity index (χ4v) is 4.40. The molecule has 2 heterocycles. The normalized spacial score (nSPS) is 10.9. The van der Waals surface area contributed by atoms with Gasteiger partial charge in [0, 0.05) is 35.2 Å². The van der Waals surface area contributed by atoms with E-state index in [2.05, 4.69) is 10.3 Å². The maximum absolute atomic E-state index is 13.2. The van der Waals surface area contributed by atoms with Crippen LogP contribution in [0.2, 0.25) is 0 Å². The van der Waals surface area contributed by atoms with Crippen molar-refractivity contribution in [1.82, 2.24) is 9.55 Å². The van der Waals surface area contributed by atoms with Crippen molar-refractivity contribution in [1.29, 1.82) is 0 Å². The van der Waals surface area contributed by atoms with Gasteiger partial charge in [0.1, 0.15) is 10.6 Å². The van der Waals surface area contributed by atoms with Crippen LogP contribution in [-0.2, 0) is 11.3 Å². The first kappa shape index (κ1) is 19.8. The molecule has 7 heteroatoms. The van der Waals surface area contributed by atoms with Gasteiger partial charge >= 0.3 is 0 Å². The van der Waals surface area contributed by atoms with Crippen LogP contribution in [-0.4, -0.2) is 22.6 Å². The highest BCUT2D eigenvalue weighted by Gasteiger charge is 2.17. The summed E-state index contributed by atoms with van der Waals surface area (Å²) >= 11 is 1.51. The Morgan fingerprint density at radius 2 is 1.97 bits per heavy atom. The van der Waals surface area contributed by atoms with E-state index < -0.39 is 0 Å². The number of aryl methyl sites for hydroxylation is 2. The topological polar surface area (TPSA) is 73.2 Å². The summed E-state index contributed by atoms with van der Waals surface area (Å²) in [5, 5.41) is 3.44. The molecule has 2 aromatic carbocycles. The van der Waals surface area contributed by atoms with Crippen molar-refractivity contribution in [2.24, 2.45) is 0 Å². The number of carbonyl (C=O) groups excluding carboxylic acids is 1. The number of amides is 1. The molecule has 4 rings (SSSR count). The van der Waals surface area contributed by atoms with Crippen LogP contribution < -0.4 is 15.6 Å². The quantitative estimate of drug-likeness (QED) is 0.500. The lowest BCUT2D eigenvalue weighted by molar-refractivity contribution is -0.116. The predicted octanol–water partition coefficient (Wildman–Crippen LogP) is 4.47. The van der Waals surface area contributed by atoms with Gasteiger partial charge in [0.15, 0.2) is 0 Å². The molecule has 0 aliphatic carbocycles. The van der Waals surface area contributed by atoms with Gasteiger partial charge in [-0.3, -0.25) is 14.2 Å². The Kier molecular flexibility index (Phi) is 5.63. The van der Waals surface area contributed by atoms with Crippen molar-refractivity contribution in [3.63, 3.8) is 0 Å². The molecule has 0 aliphatic rings. The number of aromatic nitrogens is 2. The molecule has 0 spiro atoms. The summed E-state index contributed by atoms with van der Waals surface area (Å²) in [5.74, 6) is 0.486. The molecule has 6 nitrogen and oxygen atoms in total. The lowest BCUT2D eigenvalue weighted by Crippen LogP contribution is -2.23. The fraction of sp³-hybridized carbons (Fsp3) is 0.174. The molecule has 0 saturated heterocycles. The third kappa shape index (κ3) is 3.97. The van der Waals surface area contributed by atoms with Gasteiger partial charge in [-0.05, 0) is 24.6 Å². The summed E-state index contributed by atoms with van der Waals surface area (Å²) in [6.45, 7) is 2.25. The van der Waals surface area contributed by atoms with Crippen molar-refractivity contribution in [2.75, 3.05) is 12.4 Å². The number of methoxy groups -OCH3 is 1. The zero-order chi connectivity index (χ0) is 21.1. The first-order chi connectivity index (χ1) is 14.6. The summed E-state index contributed by atoms with van der Waals surface area (Å²) in [7, 11) is 1.58. The minimum Gasteiger partial charge on any atom is -0.497 e. The minimum atomic E-state index is -0.181. The van der Waals surface area contributed by atoms with Crippen LogP contribution in [0.1, 0.15) is 11.3 Å². The lowest BCUT2D eigenvalue weighted by Gasteiger charge is -2.09. The number of thiophene rings is 1. The number of hydrogen-bond donors (Lipinski definition) is 1. The lowest BCUT2D eigenvalue weighted by atomic mass is 10.0. The molecule has 0 bridgehead atoms. The van der Waals surface area contributed by atoms with Gasteiger partial charge in [0.25, 0.3) is 5.56 Å². The van der Waals surface area contributed by atoms with Crippen LogP contribution in [0, 0.1) is 6.92 Å². The second-order valence-electron chi connectivity index (χ2n) is 6.85. The maximum Gasteiger partial charge on any atom is 0.262 e. The number of rotatable bonds is 6. The standard InChI is InChI=1S/C23H21N3O3S/c1-15-20(16-7-4-3-5-8-16)21-22(30-15)24-14-26(23(21)28)12-11-19(27)25-17-9-6-10-18(13-17)29-2/h3-10,13-14H,11-12H2,1-2H3,(H,25,27). The number of ether oxygens (including phenoxy) is 1. The number of hydrogen-bond acceptors (Lipinski definition) is 5. The molecule has 0 saturated carbocycles. The number of fused-ring (bicyclic) bond motifs is 1. The molecule has 0 atom stereocenters. The molecule has 1 amide bonds. The molecule has 1 N–H and O–H groups in total. The van der Waals surface area contributed by atoms with E-state index in [4.69, 9.17) is 4.74 Å². The molecule has 0 unspecified atom stereocenters. The SMILES string of the molecule is COc1cccc(NC(=O)CCn2cnc3sc(C)c(-c4ccccc4)c3c2=O)c1. The summed E-state index contributed by atoms with van der Waals surface area (Å²) in [6.07, 6.45) is 1.68. The van der Waals surface area contributed by atoms with Gasteiger partial charge in [-0.25, -0.2) is 4.98 Å². The summed E-state index contributed by atoms with van der Waals surface area (Å²) in [6, 6.07) is 17.0. The number of anilines is 1. The number of carbonyl (C=O) groups is 1. The van der Waals surface area contributed by atoms with Gasteiger partial charge in [-0.15, -0.1) is 11.3 Å². The maximum atomic E-state index is 13.2. The smallest absolute Gasteiger partial charge is 0.262 e. The number of nitrogens with zero attached hydrogens (tertiary/aromatic N) is 2. The highest BCUT2D eigenvalue weighted by molar-refractivity contribution is 7.19. The molecule has 4 aromatic rings. The highest BCUT2D eigenvalue weighted by atomic mass is 32.1. The Labute approximate surface area is 177 Å².